The molecule has 4 rings (SSSR count). The molecule has 1 fully saturated rings. The quantitative estimate of drug-likeness (QED) is 0.571. The van der Waals surface area contributed by atoms with Gasteiger partial charge in [-0.1, -0.05) is 26.0 Å². The third-order valence-corrected chi connectivity index (χ3v) is 7.82. The van der Waals surface area contributed by atoms with Crippen LogP contribution < -0.4 is 9.47 Å². The number of fused-ring (bicyclic) bond motifs is 1. The van der Waals surface area contributed by atoms with Gasteiger partial charge in [0.25, 0.3) is 5.91 Å². The zero-order chi connectivity index (χ0) is 24.6. The van der Waals surface area contributed by atoms with Crippen LogP contribution in [0.3, 0.4) is 0 Å². The molecule has 2 aliphatic heterocycles. The third kappa shape index (κ3) is 4.38. The van der Waals surface area contributed by atoms with Crippen molar-refractivity contribution in [3.05, 3.63) is 53.1 Å². The van der Waals surface area contributed by atoms with Gasteiger partial charge in [0, 0.05) is 30.6 Å². The van der Waals surface area contributed by atoms with Crippen LogP contribution in [0.15, 0.2) is 41.3 Å². The predicted octanol–water partition coefficient (Wildman–Crippen LogP) is 4.84. The summed E-state index contributed by atoms with van der Waals surface area (Å²) in [4.78, 5) is 32.6. The van der Waals surface area contributed by atoms with Crippen LogP contribution in [0, 0.1) is 11.8 Å². The van der Waals surface area contributed by atoms with Crippen LogP contribution in [-0.4, -0.2) is 62.2 Å². The van der Waals surface area contributed by atoms with Gasteiger partial charge in [-0.25, -0.2) is 0 Å². The molecule has 182 valence electrons. The molecule has 4 atom stereocenters. The number of methoxy groups -OCH3 is 2. The first-order chi connectivity index (χ1) is 16.3. The predicted molar refractivity (Wildman–Crippen MR) is 135 cm³/mol. The molecule has 2 aliphatic rings. The first kappa shape index (κ1) is 24.5. The number of hydrogen-bond donors (Lipinski definition) is 0. The fourth-order valence-corrected chi connectivity index (χ4v) is 5.98. The van der Waals surface area contributed by atoms with Crippen molar-refractivity contribution in [2.45, 2.75) is 37.1 Å². The second-order valence-corrected chi connectivity index (χ2v) is 10.5. The highest BCUT2D eigenvalue weighted by atomic mass is 32.2. The average Bonchev–Trinajstić information content (AvgIpc) is 2.84. The molecule has 2 heterocycles. The van der Waals surface area contributed by atoms with E-state index in [0.29, 0.717) is 34.5 Å². The van der Waals surface area contributed by atoms with Crippen LogP contribution in [0.5, 0.6) is 11.5 Å². The number of thioether (sulfide) groups is 1. The monoisotopic (exact) mass is 482 g/mol. The highest BCUT2D eigenvalue weighted by Gasteiger charge is 2.45. The molecular weight excluding hydrogens is 448 g/mol. The largest absolute Gasteiger partial charge is 0.493 e. The number of ether oxygens (including phenoxy) is 2. The number of nitrogens with zero attached hydrogens (tertiary/aromatic N) is 2. The SMILES string of the molecule is COc1cc2c(cc1OC)[C@H](C(=O)N1C[C@H](C)C[C@@H](C)C1)[C@@H](c1ccc(SC)cc1)N(C)C2=O. The fraction of sp³-hybridized carbons (Fsp3) is 0.481. The second kappa shape index (κ2) is 9.90. The Hall–Kier alpha value is -2.67. The Balaban J connectivity index is 1.88. The van der Waals surface area contributed by atoms with Crippen molar-refractivity contribution in [2.24, 2.45) is 11.8 Å². The van der Waals surface area contributed by atoms with E-state index < -0.39 is 12.0 Å². The van der Waals surface area contributed by atoms with Crippen LogP contribution in [0.25, 0.3) is 0 Å². The van der Waals surface area contributed by atoms with E-state index in [-0.39, 0.29) is 11.8 Å². The Bertz CT molecular complexity index is 1060. The van der Waals surface area contributed by atoms with Crippen LogP contribution in [0.4, 0.5) is 0 Å². The molecule has 7 heteroatoms. The topological polar surface area (TPSA) is 59.1 Å². The Kier molecular flexibility index (Phi) is 7.12. The smallest absolute Gasteiger partial charge is 0.254 e. The van der Waals surface area contributed by atoms with E-state index in [2.05, 4.69) is 26.0 Å². The number of piperidine rings is 1. The van der Waals surface area contributed by atoms with Crippen LogP contribution in [0.2, 0.25) is 0 Å². The van der Waals surface area contributed by atoms with Crippen LogP contribution in [0.1, 0.15) is 53.7 Å². The lowest BCUT2D eigenvalue weighted by Crippen LogP contribution is -2.50. The van der Waals surface area contributed by atoms with E-state index in [9.17, 15) is 9.59 Å². The first-order valence-corrected chi connectivity index (χ1v) is 13.0. The molecule has 0 unspecified atom stereocenters. The standard InChI is InChI=1S/C27H34N2O4S/c1-16-11-17(2)15-29(14-16)27(31)24-20-12-22(32-4)23(33-5)13-21(20)26(30)28(3)25(24)18-7-9-19(34-6)10-8-18/h7-10,12-13,16-17,24-25H,11,14-15H2,1-6H3/t16-,17-,24+,25-/m1/s1. The van der Waals surface area contributed by atoms with E-state index >= 15 is 0 Å². The van der Waals surface area contributed by atoms with E-state index in [1.54, 1.807) is 44.0 Å². The number of benzene rings is 2. The van der Waals surface area contributed by atoms with Gasteiger partial charge in [0.05, 0.1) is 26.2 Å². The lowest BCUT2D eigenvalue weighted by atomic mass is 9.78. The molecule has 0 saturated carbocycles. The van der Waals surface area contributed by atoms with Crippen molar-refractivity contribution in [1.82, 2.24) is 9.80 Å². The summed E-state index contributed by atoms with van der Waals surface area (Å²) in [6, 6.07) is 11.3. The van der Waals surface area contributed by atoms with Crippen molar-refractivity contribution >= 4 is 23.6 Å². The summed E-state index contributed by atoms with van der Waals surface area (Å²) in [5.74, 6) is 1.30. The van der Waals surface area contributed by atoms with Gasteiger partial charge in [0.15, 0.2) is 11.5 Å². The minimum absolute atomic E-state index is 0.0603. The first-order valence-electron chi connectivity index (χ1n) is 11.7. The maximum Gasteiger partial charge on any atom is 0.254 e. The number of rotatable bonds is 5. The van der Waals surface area contributed by atoms with Gasteiger partial charge in [-0.05, 0) is 59.9 Å². The van der Waals surface area contributed by atoms with Gasteiger partial charge in [-0.15, -0.1) is 11.8 Å². The van der Waals surface area contributed by atoms with Gasteiger partial charge < -0.3 is 19.3 Å². The summed E-state index contributed by atoms with van der Waals surface area (Å²) >= 11 is 1.67. The van der Waals surface area contributed by atoms with Gasteiger partial charge in [-0.2, -0.15) is 0 Å². The Morgan fingerprint density at radius 2 is 1.59 bits per heavy atom. The molecule has 0 spiro atoms. The number of amides is 2. The molecule has 0 aromatic heterocycles. The third-order valence-electron chi connectivity index (χ3n) is 7.08. The maximum atomic E-state index is 14.2. The highest BCUT2D eigenvalue weighted by Crippen LogP contribution is 2.46. The molecule has 2 aromatic carbocycles. The molecule has 0 bridgehead atoms. The van der Waals surface area contributed by atoms with E-state index in [1.165, 1.54) is 0 Å². The molecule has 6 nitrogen and oxygen atoms in total. The van der Waals surface area contributed by atoms with Crippen molar-refractivity contribution in [1.29, 1.82) is 0 Å². The van der Waals surface area contributed by atoms with Gasteiger partial charge in [-0.3, -0.25) is 9.59 Å². The molecule has 1 saturated heterocycles. The summed E-state index contributed by atoms with van der Waals surface area (Å²) in [5.41, 5.74) is 2.15. The number of likely N-dealkylation sites (tertiary alicyclic amines) is 1. The summed E-state index contributed by atoms with van der Waals surface area (Å²) in [6.07, 6.45) is 3.15. The van der Waals surface area contributed by atoms with E-state index in [1.807, 2.05) is 29.4 Å². The van der Waals surface area contributed by atoms with Crippen LogP contribution >= 0.6 is 11.8 Å². The second-order valence-electron chi connectivity index (χ2n) is 9.60. The maximum absolute atomic E-state index is 14.2. The van der Waals surface area contributed by atoms with E-state index in [4.69, 9.17) is 9.47 Å². The normalized spacial score (nSPS) is 24.6. The van der Waals surface area contributed by atoms with Crippen molar-refractivity contribution in [3.8, 4) is 11.5 Å². The van der Waals surface area contributed by atoms with Gasteiger partial charge in [0.1, 0.15) is 0 Å². The zero-order valence-electron chi connectivity index (χ0n) is 20.8. The summed E-state index contributed by atoms with van der Waals surface area (Å²) < 4.78 is 11.0. The van der Waals surface area contributed by atoms with Crippen molar-refractivity contribution < 1.29 is 19.1 Å². The molecule has 2 aromatic rings. The lowest BCUT2D eigenvalue weighted by molar-refractivity contribution is -0.137. The summed E-state index contributed by atoms with van der Waals surface area (Å²) in [7, 11) is 4.91. The zero-order valence-corrected chi connectivity index (χ0v) is 21.6. The number of carbonyl (C=O) groups excluding carboxylic acids is 2. The lowest BCUT2D eigenvalue weighted by Gasteiger charge is -2.44. The Labute approximate surface area is 206 Å². The number of carbonyl (C=O) groups is 2. The molecule has 0 aliphatic carbocycles. The molecule has 2 amide bonds. The van der Waals surface area contributed by atoms with Gasteiger partial charge >= 0.3 is 0 Å². The highest BCUT2D eigenvalue weighted by molar-refractivity contribution is 7.98. The van der Waals surface area contributed by atoms with Crippen molar-refractivity contribution in [2.75, 3.05) is 40.6 Å². The molecule has 0 N–H and O–H groups in total. The minimum atomic E-state index is -0.532. The number of hydrogen-bond acceptors (Lipinski definition) is 5. The summed E-state index contributed by atoms with van der Waals surface area (Å²) in [6.45, 7) is 5.87. The van der Waals surface area contributed by atoms with Gasteiger partial charge in [0.2, 0.25) is 5.91 Å². The molecule has 34 heavy (non-hydrogen) atoms. The Morgan fingerprint density at radius 1 is 1.00 bits per heavy atom. The average molecular weight is 483 g/mol. The minimum Gasteiger partial charge on any atom is -0.493 e. The molecular formula is C27H34N2O4S. The van der Waals surface area contributed by atoms with E-state index in [0.717, 1.165) is 30.0 Å². The summed E-state index contributed by atoms with van der Waals surface area (Å²) in [5, 5.41) is 0. The Morgan fingerprint density at radius 3 is 2.15 bits per heavy atom. The number of likely N-dealkylation sites (N-methyl/N-ethyl adjacent to an activating group) is 1. The van der Waals surface area contributed by atoms with Crippen LogP contribution in [-0.2, 0) is 4.79 Å². The van der Waals surface area contributed by atoms with Crippen molar-refractivity contribution in [3.63, 3.8) is 0 Å². The molecule has 0 radical (unpaired) electrons. The fourth-order valence-electron chi connectivity index (χ4n) is 5.57.